The molecular formula is C18H21NO3S. The Bertz CT molecular complexity index is 717. The number of rotatable bonds is 5. The summed E-state index contributed by atoms with van der Waals surface area (Å²) in [5, 5.41) is 3.42. The molecule has 4 nitrogen and oxygen atoms in total. The van der Waals surface area contributed by atoms with E-state index in [0.717, 1.165) is 21.6 Å². The first-order valence-electron chi connectivity index (χ1n) is 7.54. The highest BCUT2D eigenvalue weighted by Crippen LogP contribution is 2.33. The van der Waals surface area contributed by atoms with Crippen molar-refractivity contribution in [2.24, 2.45) is 0 Å². The largest absolute Gasteiger partial charge is 0.462 e. The van der Waals surface area contributed by atoms with Crippen LogP contribution in [0, 0.1) is 20.8 Å². The summed E-state index contributed by atoms with van der Waals surface area (Å²) in [5.41, 5.74) is 3.42. The van der Waals surface area contributed by atoms with E-state index in [4.69, 9.17) is 4.74 Å². The zero-order chi connectivity index (χ0) is 17.0. The number of esters is 1. The highest BCUT2D eigenvalue weighted by atomic mass is 32.1. The number of ether oxygens (including phenoxy) is 1. The van der Waals surface area contributed by atoms with Crippen LogP contribution < -0.4 is 5.32 Å². The van der Waals surface area contributed by atoms with Crippen LogP contribution in [0.1, 0.15) is 38.8 Å². The summed E-state index contributed by atoms with van der Waals surface area (Å²) in [5.74, 6) is -0.527. The molecule has 23 heavy (non-hydrogen) atoms. The van der Waals surface area contributed by atoms with E-state index in [1.807, 2.05) is 45.0 Å². The van der Waals surface area contributed by atoms with E-state index in [1.165, 1.54) is 11.3 Å². The van der Waals surface area contributed by atoms with Gasteiger partial charge < -0.3 is 10.1 Å². The number of aryl methyl sites for hydroxylation is 2. The van der Waals surface area contributed by atoms with Gasteiger partial charge in [-0.15, -0.1) is 11.3 Å². The van der Waals surface area contributed by atoms with E-state index < -0.39 is 0 Å². The third-order valence-corrected chi connectivity index (χ3v) is 4.73. The summed E-state index contributed by atoms with van der Waals surface area (Å²) < 4.78 is 5.09. The summed E-state index contributed by atoms with van der Waals surface area (Å²) in [6.07, 6.45) is 0.276. The number of amides is 1. The summed E-state index contributed by atoms with van der Waals surface area (Å²) in [7, 11) is 0. The molecule has 0 aliphatic heterocycles. The Morgan fingerprint density at radius 1 is 1.13 bits per heavy atom. The predicted molar refractivity (Wildman–Crippen MR) is 93.3 cm³/mol. The number of hydrogen-bond donors (Lipinski definition) is 1. The van der Waals surface area contributed by atoms with Gasteiger partial charge in [-0.2, -0.15) is 0 Å². The topological polar surface area (TPSA) is 55.4 Å². The Morgan fingerprint density at radius 2 is 1.78 bits per heavy atom. The Morgan fingerprint density at radius 3 is 2.39 bits per heavy atom. The van der Waals surface area contributed by atoms with E-state index in [-0.39, 0.29) is 18.3 Å². The quantitative estimate of drug-likeness (QED) is 0.842. The van der Waals surface area contributed by atoms with Gasteiger partial charge in [-0.25, -0.2) is 4.79 Å². The Kier molecular flexibility index (Phi) is 5.55. The fourth-order valence-electron chi connectivity index (χ4n) is 2.23. The number of thiophene rings is 1. The van der Waals surface area contributed by atoms with Crippen LogP contribution in [0.3, 0.4) is 0 Å². The number of carbonyl (C=O) groups is 2. The number of anilines is 1. The zero-order valence-electron chi connectivity index (χ0n) is 13.9. The Labute approximate surface area is 140 Å². The van der Waals surface area contributed by atoms with E-state index in [9.17, 15) is 9.59 Å². The van der Waals surface area contributed by atoms with E-state index >= 15 is 0 Å². The molecule has 5 heteroatoms. The van der Waals surface area contributed by atoms with Crippen LogP contribution in [0.5, 0.6) is 0 Å². The third-order valence-electron chi connectivity index (χ3n) is 3.60. The molecule has 122 valence electrons. The maximum Gasteiger partial charge on any atom is 0.341 e. The molecule has 1 aromatic heterocycles. The van der Waals surface area contributed by atoms with Crippen molar-refractivity contribution < 1.29 is 14.3 Å². The first-order valence-corrected chi connectivity index (χ1v) is 8.36. The molecule has 0 radical (unpaired) electrons. The monoisotopic (exact) mass is 331 g/mol. The van der Waals surface area contributed by atoms with Crippen molar-refractivity contribution in [3.05, 3.63) is 51.4 Å². The fraction of sp³-hybridized carbons (Fsp3) is 0.333. The number of benzene rings is 1. The predicted octanol–water partition coefficient (Wildman–Crippen LogP) is 4.03. The SMILES string of the molecule is CCOC(=O)c1c(NC(=O)Cc2ccc(C)cc2)sc(C)c1C. The van der Waals surface area contributed by atoms with Crippen molar-refractivity contribution in [1.82, 2.24) is 0 Å². The highest BCUT2D eigenvalue weighted by Gasteiger charge is 2.22. The zero-order valence-corrected chi connectivity index (χ0v) is 14.7. The average molecular weight is 331 g/mol. The molecular weight excluding hydrogens is 310 g/mol. The number of carbonyl (C=O) groups excluding carboxylic acids is 2. The van der Waals surface area contributed by atoms with E-state index in [1.54, 1.807) is 6.92 Å². The second-order valence-corrected chi connectivity index (χ2v) is 6.64. The molecule has 0 saturated carbocycles. The molecule has 0 bridgehead atoms. The van der Waals surface area contributed by atoms with Crippen LogP contribution in [-0.2, 0) is 16.0 Å². The maximum absolute atomic E-state index is 12.3. The molecule has 0 aliphatic rings. The van der Waals surface area contributed by atoms with E-state index in [2.05, 4.69) is 5.32 Å². The molecule has 1 aromatic carbocycles. The van der Waals surface area contributed by atoms with Gasteiger partial charge in [-0.3, -0.25) is 4.79 Å². The summed E-state index contributed by atoms with van der Waals surface area (Å²) in [4.78, 5) is 25.4. The van der Waals surface area contributed by atoms with Crippen molar-refractivity contribution in [3.63, 3.8) is 0 Å². The minimum absolute atomic E-state index is 0.138. The first-order chi connectivity index (χ1) is 10.9. The molecule has 1 heterocycles. The molecule has 2 aromatic rings. The molecule has 2 rings (SSSR count). The molecule has 0 unspecified atom stereocenters. The number of hydrogen-bond acceptors (Lipinski definition) is 4. The van der Waals surface area contributed by atoms with Gasteiger partial charge in [-0.05, 0) is 38.8 Å². The van der Waals surface area contributed by atoms with Crippen LogP contribution in [0.15, 0.2) is 24.3 Å². The molecule has 0 aliphatic carbocycles. The molecule has 0 atom stereocenters. The van der Waals surface area contributed by atoms with Gasteiger partial charge >= 0.3 is 5.97 Å². The standard InChI is InChI=1S/C18H21NO3S/c1-5-22-18(21)16-12(3)13(4)23-17(16)19-15(20)10-14-8-6-11(2)7-9-14/h6-9H,5,10H2,1-4H3,(H,19,20). The fourth-order valence-corrected chi connectivity index (χ4v) is 3.29. The normalized spacial score (nSPS) is 10.4. The summed E-state index contributed by atoms with van der Waals surface area (Å²) >= 11 is 1.40. The average Bonchev–Trinajstić information content (AvgIpc) is 2.76. The molecule has 0 saturated heterocycles. The van der Waals surface area contributed by atoms with Gasteiger partial charge in [0, 0.05) is 4.88 Å². The van der Waals surface area contributed by atoms with Gasteiger partial charge in [0.1, 0.15) is 5.00 Å². The van der Waals surface area contributed by atoms with Gasteiger partial charge in [0.2, 0.25) is 5.91 Å². The Balaban J connectivity index is 2.16. The Hall–Kier alpha value is -2.14. The van der Waals surface area contributed by atoms with Gasteiger partial charge in [-0.1, -0.05) is 29.8 Å². The third kappa shape index (κ3) is 4.20. The van der Waals surface area contributed by atoms with Crippen molar-refractivity contribution in [2.75, 3.05) is 11.9 Å². The van der Waals surface area contributed by atoms with Crippen LogP contribution in [-0.4, -0.2) is 18.5 Å². The van der Waals surface area contributed by atoms with Gasteiger partial charge in [0.25, 0.3) is 0 Å². The van der Waals surface area contributed by atoms with Crippen molar-refractivity contribution in [1.29, 1.82) is 0 Å². The van der Waals surface area contributed by atoms with Crippen LogP contribution in [0.2, 0.25) is 0 Å². The smallest absolute Gasteiger partial charge is 0.341 e. The highest BCUT2D eigenvalue weighted by molar-refractivity contribution is 7.16. The van der Waals surface area contributed by atoms with Crippen LogP contribution in [0.25, 0.3) is 0 Å². The van der Waals surface area contributed by atoms with Crippen molar-refractivity contribution >= 4 is 28.2 Å². The minimum atomic E-state index is -0.389. The van der Waals surface area contributed by atoms with Crippen molar-refractivity contribution in [2.45, 2.75) is 34.1 Å². The van der Waals surface area contributed by atoms with Gasteiger partial charge in [0.15, 0.2) is 0 Å². The molecule has 0 spiro atoms. The molecule has 1 N–H and O–H groups in total. The van der Waals surface area contributed by atoms with Gasteiger partial charge in [0.05, 0.1) is 18.6 Å². The molecule has 0 fully saturated rings. The van der Waals surface area contributed by atoms with Crippen LogP contribution in [0.4, 0.5) is 5.00 Å². The second-order valence-electron chi connectivity index (χ2n) is 5.42. The lowest BCUT2D eigenvalue weighted by molar-refractivity contribution is -0.115. The number of nitrogens with one attached hydrogen (secondary N) is 1. The van der Waals surface area contributed by atoms with Crippen LogP contribution >= 0.6 is 11.3 Å². The summed E-state index contributed by atoms with van der Waals surface area (Å²) in [6, 6.07) is 7.83. The minimum Gasteiger partial charge on any atom is -0.462 e. The molecule has 1 amide bonds. The first kappa shape index (κ1) is 17.2. The summed E-state index contributed by atoms with van der Waals surface area (Å²) in [6.45, 7) is 7.88. The lowest BCUT2D eigenvalue weighted by Gasteiger charge is -2.07. The second kappa shape index (κ2) is 7.42. The maximum atomic E-state index is 12.3. The van der Waals surface area contributed by atoms with Crippen molar-refractivity contribution in [3.8, 4) is 0 Å². The lowest BCUT2D eigenvalue weighted by atomic mass is 10.1. The lowest BCUT2D eigenvalue weighted by Crippen LogP contribution is -2.16. The van der Waals surface area contributed by atoms with E-state index in [0.29, 0.717) is 17.2 Å².